The van der Waals surface area contributed by atoms with Crippen LogP contribution < -0.4 is 0 Å². The van der Waals surface area contributed by atoms with E-state index >= 15 is 0 Å². The van der Waals surface area contributed by atoms with Gasteiger partial charge in [0.1, 0.15) is 4.75 Å². The fourth-order valence-corrected chi connectivity index (χ4v) is 4.11. The van der Waals surface area contributed by atoms with Gasteiger partial charge >= 0.3 is 0 Å². The highest BCUT2D eigenvalue weighted by Crippen LogP contribution is 2.53. The van der Waals surface area contributed by atoms with Crippen LogP contribution in [-0.2, 0) is 9.84 Å². The molecule has 0 aromatic heterocycles. The molecule has 2 nitrogen and oxygen atoms in total. The SMILES string of the molecule is C=C[C@H]1C[C@]1(C=C)S(=O)(=O)c1ccccc1. The maximum absolute atomic E-state index is 12.4. The van der Waals surface area contributed by atoms with E-state index in [0.29, 0.717) is 11.3 Å². The Morgan fingerprint density at radius 2 is 1.88 bits per heavy atom. The second-order valence-corrected chi connectivity index (χ2v) is 6.26. The molecule has 16 heavy (non-hydrogen) atoms. The Bertz CT molecular complexity index is 516. The Balaban J connectivity index is 2.49. The predicted octanol–water partition coefficient (Wildman–Crippen LogP) is 2.59. The average Bonchev–Trinajstić information content (AvgIpc) is 3.05. The number of allylic oxidation sites excluding steroid dienone is 1. The molecule has 0 saturated heterocycles. The molecule has 3 heteroatoms. The zero-order valence-electron chi connectivity index (χ0n) is 8.96. The Hall–Kier alpha value is -1.35. The van der Waals surface area contributed by atoms with Gasteiger partial charge in [0, 0.05) is 5.92 Å². The highest BCUT2D eigenvalue weighted by molar-refractivity contribution is 7.93. The number of benzene rings is 1. The molecule has 0 heterocycles. The minimum Gasteiger partial charge on any atom is -0.223 e. The minimum atomic E-state index is -3.33. The molecule has 1 aromatic rings. The van der Waals surface area contributed by atoms with Gasteiger partial charge in [-0.1, -0.05) is 30.4 Å². The van der Waals surface area contributed by atoms with Gasteiger partial charge in [-0.2, -0.15) is 0 Å². The third-order valence-corrected chi connectivity index (χ3v) is 5.72. The van der Waals surface area contributed by atoms with Gasteiger partial charge < -0.3 is 0 Å². The molecule has 0 unspecified atom stereocenters. The van der Waals surface area contributed by atoms with Crippen LogP contribution in [0.4, 0.5) is 0 Å². The zero-order valence-corrected chi connectivity index (χ0v) is 9.78. The molecule has 2 rings (SSSR count). The average molecular weight is 234 g/mol. The third-order valence-electron chi connectivity index (χ3n) is 3.19. The van der Waals surface area contributed by atoms with Crippen LogP contribution in [0, 0.1) is 5.92 Å². The van der Waals surface area contributed by atoms with Crippen LogP contribution in [0.1, 0.15) is 6.42 Å². The zero-order chi connectivity index (χ0) is 11.8. The number of hydrogen-bond donors (Lipinski definition) is 0. The van der Waals surface area contributed by atoms with E-state index in [0.717, 1.165) is 0 Å². The number of hydrogen-bond acceptors (Lipinski definition) is 2. The summed E-state index contributed by atoms with van der Waals surface area (Å²) in [6, 6.07) is 8.51. The molecule has 1 aliphatic carbocycles. The highest BCUT2D eigenvalue weighted by Gasteiger charge is 2.60. The van der Waals surface area contributed by atoms with Crippen LogP contribution in [0.2, 0.25) is 0 Å². The van der Waals surface area contributed by atoms with Crippen LogP contribution in [0.25, 0.3) is 0 Å². The summed E-state index contributed by atoms with van der Waals surface area (Å²) < 4.78 is 24.0. The summed E-state index contributed by atoms with van der Waals surface area (Å²) in [5.74, 6) is -0.00444. The normalized spacial score (nSPS) is 28.4. The van der Waals surface area contributed by atoms with Crippen LogP contribution in [0.5, 0.6) is 0 Å². The van der Waals surface area contributed by atoms with E-state index in [9.17, 15) is 8.42 Å². The molecule has 2 atom stereocenters. The van der Waals surface area contributed by atoms with E-state index < -0.39 is 14.6 Å². The van der Waals surface area contributed by atoms with Crippen molar-refractivity contribution in [3.05, 3.63) is 55.6 Å². The first-order valence-corrected chi connectivity index (χ1v) is 6.62. The summed E-state index contributed by atoms with van der Waals surface area (Å²) in [4.78, 5) is 0.360. The van der Waals surface area contributed by atoms with Crippen LogP contribution in [0.3, 0.4) is 0 Å². The second-order valence-electron chi connectivity index (χ2n) is 4.02. The van der Waals surface area contributed by atoms with Gasteiger partial charge in [0.05, 0.1) is 4.90 Å². The van der Waals surface area contributed by atoms with E-state index in [1.165, 1.54) is 0 Å². The molecule has 0 N–H and O–H groups in total. The maximum Gasteiger partial charge on any atom is 0.188 e. The third kappa shape index (κ3) is 1.35. The summed E-state index contributed by atoms with van der Waals surface area (Å²) in [6.45, 7) is 7.32. The summed E-state index contributed by atoms with van der Waals surface area (Å²) in [7, 11) is -3.33. The van der Waals surface area contributed by atoms with Crippen molar-refractivity contribution in [3.63, 3.8) is 0 Å². The van der Waals surface area contributed by atoms with Crippen molar-refractivity contribution in [3.8, 4) is 0 Å². The fourth-order valence-electron chi connectivity index (χ4n) is 2.04. The summed E-state index contributed by atoms with van der Waals surface area (Å²) in [5.41, 5.74) is 0. The second kappa shape index (κ2) is 3.59. The lowest BCUT2D eigenvalue weighted by Gasteiger charge is -2.12. The lowest BCUT2D eigenvalue weighted by Crippen LogP contribution is -2.22. The smallest absolute Gasteiger partial charge is 0.188 e. The predicted molar refractivity (Wildman–Crippen MR) is 64.9 cm³/mol. The fraction of sp³-hybridized carbons (Fsp3) is 0.231. The van der Waals surface area contributed by atoms with Crippen LogP contribution >= 0.6 is 0 Å². The molecule has 1 saturated carbocycles. The Kier molecular flexibility index (Phi) is 2.50. The Labute approximate surface area is 96.2 Å². The molecule has 1 fully saturated rings. The first kappa shape index (κ1) is 11.1. The summed E-state index contributed by atoms with van der Waals surface area (Å²) in [6.07, 6.45) is 3.83. The molecule has 0 amide bonds. The van der Waals surface area contributed by atoms with E-state index in [-0.39, 0.29) is 5.92 Å². The number of rotatable bonds is 4. The van der Waals surface area contributed by atoms with Crippen molar-refractivity contribution >= 4 is 9.84 Å². The van der Waals surface area contributed by atoms with Crippen LogP contribution in [0.15, 0.2) is 60.5 Å². The summed E-state index contributed by atoms with van der Waals surface area (Å²) in [5, 5.41) is 0. The van der Waals surface area contributed by atoms with E-state index in [1.54, 1.807) is 42.5 Å². The molecular formula is C13H14O2S. The highest BCUT2D eigenvalue weighted by atomic mass is 32.2. The van der Waals surface area contributed by atoms with Gasteiger partial charge in [-0.15, -0.1) is 13.2 Å². The monoisotopic (exact) mass is 234 g/mol. The molecular weight excluding hydrogens is 220 g/mol. The topological polar surface area (TPSA) is 34.1 Å². The van der Waals surface area contributed by atoms with Gasteiger partial charge in [-0.25, -0.2) is 8.42 Å². The van der Waals surface area contributed by atoms with Crippen LogP contribution in [-0.4, -0.2) is 13.2 Å². The van der Waals surface area contributed by atoms with Gasteiger partial charge in [-0.05, 0) is 18.6 Å². The lowest BCUT2D eigenvalue weighted by molar-refractivity contribution is 0.585. The van der Waals surface area contributed by atoms with Crippen molar-refractivity contribution < 1.29 is 8.42 Å². The molecule has 84 valence electrons. The first-order valence-electron chi connectivity index (χ1n) is 5.14. The molecule has 1 aromatic carbocycles. The lowest BCUT2D eigenvalue weighted by atomic mass is 10.3. The molecule has 0 spiro atoms. The van der Waals surface area contributed by atoms with E-state index in [2.05, 4.69) is 13.2 Å². The summed E-state index contributed by atoms with van der Waals surface area (Å²) >= 11 is 0. The van der Waals surface area contributed by atoms with Crippen molar-refractivity contribution in [2.24, 2.45) is 5.92 Å². The largest absolute Gasteiger partial charge is 0.223 e. The van der Waals surface area contributed by atoms with Crippen molar-refractivity contribution in [2.75, 3.05) is 0 Å². The van der Waals surface area contributed by atoms with Crippen molar-refractivity contribution in [1.29, 1.82) is 0 Å². The first-order chi connectivity index (χ1) is 7.58. The minimum absolute atomic E-state index is 0.00444. The number of sulfone groups is 1. The van der Waals surface area contributed by atoms with Gasteiger partial charge in [0.2, 0.25) is 0 Å². The Morgan fingerprint density at radius 3 is 2.31 bits per heavy atom. The molecule has 0 bridgehead atoms. The van der Waals surface area contributed by atoms with Gasteiger partial charge in [0.15, 0.2) is 9.84 Å². The maximum atomic E-state index is 12.4. The quantitative estimate of drug-likeness (QED) is 0.750. The molecule has 1 aliphatic rings. The molecule has 0 radical (unpaired) electrons. The Morgan fingerprint density at radius 1 is 1.25 bits per heavy atom. The standard InChI is InChI=1S/C13H14O2S/c1-3-11-10-13(11,4-2)16(14,15)12-8-6-5-7-9-12/h3-9,11H,1-2,10H2/t11-,13-/m0/s1. The van der Waals surface area contributed by atoms with Gasteiger partial charge in [0.25, 0.3) is 0 Å². The van der Waals surface area contributed by atoms with Crippen molar-refractivity contribution in [1.82, 2.24) is 0 Å². The van der Waals surface area contributed by atoms with E-state index in [4.69, 9.17) is 0 Å². The van der Waals surface area contributed by atoms with E-state index in [1.807, 2.05) is 0 Å². The van der Waals surface area contributed by atoms with Gasteiger partial charge in [-0.3, -0.25) is 0 Å². The molecule has 0 aliphatic heterocycles. The van der Waals surface area contributed by atoms with Crippen molar-refractivity contribution in [2.45, 2.75) is 16.1 Å².